The summed E-state index contributed by atoms with van der Waals surface area (Å²) in [6.07, 6.45) is 1.54. The highest BCUT2D eigenvalue weighted by atomic mass is 19.4. The van der Waals surface area contributed by atoms with Crippen molar-refractivity contribution in [1.82, 2.24) is 24.8 Å². The van der Waals surface area contributed by atoms with E-state index in [1.807, 2.05) is 24.8 Å². The Labute approximate surface area is 200 Å². The molecule has 0 N–H and O–H groups in total. The minimum Gasteiger partial charge on any atom is -0.472 e. The lowest BCUT2D eigenvalue weighted by molar-refractivity contribution is -0.137. The number of hydrogen-bond donors (Lipinski definition) is 0. The van der Waals surface area contributed by atoms with E-state index in [1.54, 1.807) is 24.5 Å². The van der Waals surface area contributed by atoms with Gasteiger partial charge in [-0.05, 0) is 63.3 Å². The Morgan fingerprint density at radius 3 is 2.54 bits per heavy atom. The van der Waals surface area contributed by atoms with Gasteiger partial charge in [-0.15, -0.1) is 0 Å². The fourth-order valence-electron chi connectivity index (χ4n) is 5.13. The number of rotatable bonds is 4. The first-order chi connectivity index (χ1) is 16.7. The summed E-state index contributed by atoms with van der Waals surface area (Å²) in [5.41, 5.74) is 0.699. The third-order valence-corrected chi connectivity index (χ3v) is 6.89. The van der Waals surface area contributed by atoms with Gasteiger partial charge in [-0.3, -0.25) is 4.79 Å². The number of fused-ring (bicyclic) bond motifs is 3. The minimum absolute atomic E-state index is 0.0338. The van der Waals surface area contributed by atoms with Gasteiger partial charge >= 0.3 is 6.18 Å². The van der Waals surface area contributed by atoms with Crippen LogP contribution in [0, 0.1) is 12.8 Å². The van der Waals surface area contributed by atoms with E-state index < -0.39 is 11.7 Å². The molecule has 5 heterocycles. The molecular formula is C25H24F3N5O2. The molecule has 35 heavy (non-hydrogen) atoms. The quantitative estimate of drug-likeness (QED) is 0.534. The molecule has 1 amide bonds. The Bertz CT molecular complexity index is 1220. The number of aryl methyl sites for hydroxylation is 1. The van der Waals surface area contributed by atoms with Crippen LogP contribution in [0.4, 0.5) is 13.2 Å². The molecule has 3 aromatic rings. The second-order valence-corrected chi connectivity index (χ2v) is 9.05. The summed E-state index contributed by atoms with van der Waals surface area (Å²) in [4.78, 5) is 32.7. The van der Waals surface area contributed by atoms with Crippen molar-refractivity contribution in [2.75, 3.05) is 0 Å². The van der Waals surface area contributed by atoms with Crippen LogP contribution in [0.25, 0.3) is 11.4 Å². The second kappa shape index (κ2) is 8.90. The van der Waals surface area contributed by atoms with E-state index in [9.17, 15) is 18.0 Å². The van der Waals surface area contributed by atoms with E-state index in [0.717, 1.165) is 25.1 Å². The van der Waals surface area contributed by atoms with Gasteiger partial charge in [-0.25, -0.2) is 19.9 Å². The molecule has 1 aliphatic carbocycles. The number of nitrogens with zero attached hydrogens (tertiary/aromatic N) is 5. The van der Waals surface area contributed by atoms with Crippen LogP contribution in [0.15, 0.2) is 48.9 Å². The zero-order valence-corrected chi connectivity index (χ0v) is 19.2. The van der Waals surface area contributed by atoms with Crippen LogP contribution in [0.1, 0.15) is 47.9 Å². The molecule has 3 aliphatic rings. The Hall–Kier alpha value is -3.56. The van der Waals surface area contributed by atoms with E-state index in [1.165, 1.54) is 6.07 Å². The van der Waals surface area contributed by atoms with Crippen molar-refractivity contribution >= 4 is 5.91 Å². The van der Waals surface area contributed by atoms with E-state index in [2.05, 4.69) is 19.9 Å². The SMILES string of the molecule is Cc1ccc(-c2ncccn2)c(C(=O)N2C(C)C3CCC2C(Oc2ccc(C(F)(F)F)cn2)C3)n1. The molecule has 3 fully saturated rings. The molecular weight excluding hydrogens is 459 g/mol. The van der Waals surface area contributed by atoms with Gasteiger partial charge in [0.25, 0.3) is 5.91 Å². The number of aromatic nitrogens is 4. The number of halogens is 3. The summed E-state index contributed by atoms with van der Waals surface area (Å²) in [5, 5.41) is 0. The van der Waals surface area contributed by atoms with Crippen LogP contribution < -0.4 is 4.74 Å². The van der Waals surface area contributed by atoms with Crippen molar-refractivity contribution in [2.45, 2.75) is 57.5 Å². The molecule has 0 aromatic carbocycles. The summed E-state index contributed by atoms with van der Waals surface area (Å²) < 4.78 is 44.7. The largest absolute Gasteiger partial charge is 0.472 e. The number of ether oxygens (including phenoxy) is 1. The number of alkyl halides is 3. The van der Waals surface area contributed by atoms with Crippen molar-refractivity contribution in [3.8, 4) is 17.3 Å². The van der Waals surface area contributed by atoms with Crippen molar-refractivity contribution in [1.29, 1.82) is 0 Å². The fraction of sp³-hybridized carbons (Fsp3) is 0.400. The van der Waals surface area contributed by atoms with Crippen molar-refractivity contribution < 1.29 is 22.7 Å². The van der Waals surface area contributed by atoms with Crippen LogP contribution in [0.5, 0.6) is 5.88 Å². The molecule has 4 unspecified atom stereocenters. The molecule has 10 heteroatoms. The third kappa shape index (κ3) is 4.44. The molecule has 3 aromatic heterocycles. The maximum absolute atomic E-state index is 13.9. The average molecular weight is 483 g/mol. The minimum atomic E-state index is -4.46. The number of amides is 1. The first kappa shape index (κ1) is 23.2. The van der Waals surface area contributed by atoms with Gasteiger partial charge in [0.05, 0.1) is 17.2 Å². The molecule has 4 atom stereocenters. The zero-order chi connectivity index (χ0) is 24.7. The Morgan fingerprint density at radius 2 is 1.86 bits per heavy atom. The lowest BCUT2D eigenvalue weighted by Gasteiger charge is -2.53. The molecule has 1 saturated carbocycles. The van der Waals surface area contributed by atoms with Gasteiger partial charge in [0.2, 0.25) is 5.88 Å². The Balaban J connectivity index is 1.44. The standard InChI is InChI=1S/C25H24F3N5O2/c1-14-4-7-18(23-29-10-3-11-30-23)22(32-14)24(34)33-15(2)16-5-8-19(33)20(12-16)35-21-9-6-17(13-31-21)25(26,27)28/h3-4,6-7,9-11,13,15-16,19-20H,5,8,12H2,1-2H3. The number of piperidine rings is 2. The van der Waals surface area contributed by atoms with Gasteiger partial charge in [-0.1, -0.05) is 0 Å². The van der Waals surface area contributed by atoms with Crippen LogP contribution in [0.2, 0.25) is 0 Å². The summed E-state index contributed by atoms with van der Waals surface area (Å²) in [6.45, 7) is 3.84. The monoisotopic (exact) mass is 483 g/mol. The summed E-state index contributed by atoms with van der Waals surface area (Å²) in [5.74, 6) is 0.499. The van der Waals surface area contributed by atoms with Crippen LogP contribution in [-0.4, -0.2) is 48.9 Å². The molecule has 2 aliphatic heterocycles. The van der Waals surface area contributed by atoms with Crippen LogP contribution in [0.3, 0.4) is 0 Å². The smallest absolute Gasteiger partial charge is 0.417 e. The summed E-state index contributed by atoms with van der Waals surface area (Å²) in [7, 11) is 0. The highest BCUT2D eigenvalue weighted by Gasteiger charge is 2.49. The number of pyridine rings is 2. The maximum Gasteiger partial charge on any atom is 0.417 e. The number of carbonyl (C=O) groups excluding carboxylic acids is 1. The van der Waals surface area contributed by atoms with E-state index in [0.29, 0.717) is 23.5 Å². The normalized spacial score (nSPS) is 23.9. The number of carbonyl (C=O) groups is 1. The maximum atomic E-state index is 13.9. The van der Waals surface area contributed by atoms with E-state index in [4.69, 9.17) is 4.74 Å². The number of hydrogen-bond acceptors (Lipinski definition) is 6. The second-order valence-electron chi connectivity index (χ2n) is 9.05. The van der Waals surface area contributed by atoms with Crippen molar-refractivity contribution in [2.24, 2.45) is 5.92 Å². The van der Waals surface area contributed by atoms with Crippen LogP contribution >= 0.6 is 0 Å². The summed E-state index contributed by atoms with van der Waals surface area (Å²) >= 11 is 0. The predicted octanol–water partition coefficient (Wildman–Crippen LogP) is 4.72. The van der Waals surface area contributed by atoms with Gasteiger partial charge in [0, 0.05) is 36.4 Å². The molecule has 2 saturated heterocycles. The highest BCUT2D eigenvalue weighted by Crippen LogP contribution is 2.42. The summed E-state index contributed by atoms with van der Waals surface area (Å²) in [6, 6.07) is 7.22. The van der Waals surface area contributed by atoms with Gasteiger partial charge in [0.1, 0.15) is 11.8 Å². The molecule has 0 spiro atoms. The van der Waals surface area contributed by atoms with Crippen molar-refractivity contribution in [3.05, 3.63) is 65.9 Å². The zero-order valence-electron chi connectivity index (χ0n) is 19.2. The molecule has 182 valence electrons. The lowest BCUT2D eigenvalue weighted by Crippen LogP contribution is -2.63. The van der Waals surface area contributed by atoms with Gasteiger partial charge in [-0.2, -0.15) is 13.2 Å². The lowest BCUT2D eigenvalue weighted by atomic mass is 9.73. The Morgan fingerprint density at radius 1 is 1.09 bits per heavy atom. The first-order valence-electron chi connectivity index (χ1n) is 11.5. The fourth-order valence-corrected chi connectivity index (χ4v) is 5.13. The molecule has 2 bridgehead atoms. The first-order valence-corrected chi connectivity index (χ1v) is 11.5. The molecule has 0 radical (unpaired) electrons. The molecule has 6 rings (SSSR count). The van der Waals surface area contributed by atoms with E-state index in [-0.39, 0.29) is 41.6 Å². The van der Waals surface area contributed by atoms with Crippen LogP contribution in [-0.2, 0) is 6.18 Å². The average Bonchev–Trinajstić information content (AvgIpc) is 2.85. The van der Waals surface area contributed by atoms with E-state index >= 15 is 0 Å². The van der Waals surface area contributed by atoms with Gasteiger partial charge in [0.15, 0.2) is 5.82 Å². The third-order valence-electron chi connectivity index (χ3n) is 6.89. The predicted molar refractivity (Wildman–Crippen MR) is 120 cm³/mol. The highest BCUT2D eigenvalue weighted by molar-refractivity contribution is 5.98. The molecule has 7 nitrogen and oxygen atoms in total. The topological polar surface area (TPSA) is 81.1 Å². The van der Waals surface area contributed by atoms with Crippen molar-refractivity contribution in [3.63, 3.8) is 0 Å². The Kier molecular flexibility index (Phi) is 5.90. The van der Waals surface area contributed by atoms with Gasteiger partial charge < -0.3 is 9.64 Å².